The van der Waals surface area contributed by atoms with Crippen LogP contribution in [-0.4, -0.2) is 21.5 Å². The number of hydrogen-bond acceptors (Lipinski definition) is 2. The van der Waals surface area contributed by atoms with Gasteiger partial charge in [-0.05, 0) is 20.3 Å². The molecular formula is C11H17N3O. The summed E-state index contributed by atoms with van der Waals surface area (Å²) in [6.45, 7) is 4.88. The molecular weight excluding hydrogens is 190 g/mol. The molecule has 1 aliphatic rings. The molecule has 0 spiro atoms. The highest BCUT2D eigenvalue weighted by Gasteiger charge is 2.25. The smallest absolute Gasteiger partial charge is 0.223 e. The molecule has 1 unspecified atom stereocenters. The first-order valence-electron chi connectivity index (χ1n) is 5.47. The summed E-state index contributed by atoms with van der Waals surface area (Å²) in [5.41, 5.74) is 0. The normalized spacial score (nSPS) is 20.1. The summed E-state index contributed by atoms with van der Waals surface area (Å²) in [5, 5.41) is 2.96. The molecule has 0 saturated heterocycles. The molecule has 2 heterocycles. The van der Waals surface area contributed by atoms with Crippen LogP contribution in [0.3, 0.4) is 0 Å². The average molecular weight is 207 g/mol. The Kier molecular flexibility index (Phi) is 2.75. The fourth-order valence-corrected chi connectivity index (χ4v) is 1.98. The molecule has 0 fully saturated rings. The van der Waals surface area contributed by atoms with Gasteiger partial charge in [0.2, 0.25) is 5.91 Å². The van der Waals surface area contributed by atoms with E-state index in [0.717, 1.165) is 25.2 Å². The van der Waals surface area contributed by atoms with Gasteiger partial charge in [-0.1, -0.05) is 0 Å². The SMILES string of the molecule is CC(C)NC(=O)C1CCn2ccnc2C1. The van der Waals surface area contributed by atoms with Gasteiger partial charge in [0.1, 0.15) is 5.82 Å². The number of imidazole rings is 1. The van der Waals surface area contributed by atoms with Gasteiger partial charge in [-0.25, -0.2) is 4.98 Å². The Morgan fingerprint density at radius 3 is 3.20 bits per heavy atom. The maximum Gasteiger partial charge on any atom is 0.223 e. The molecule has 4 nitrogen and oxygen atoms in total. The molecule has 1 aliphatic heterocycles. The number of nitrogens with zero attached hydrogens (tertiary/aromatic N) is 2. The Morgan fingerprint density at radius 1 is 1.67 bits per heavy atom. The number of aromatic nitrogens is 2. The van der Waals surface area contributed by atoms with Gasteiger partial charge in [0.15, 0.2) is 0 Å². The Hall–Kier alpha value is -1.32. The van der Waals surface area contributed by atoms with Crippen molar-refractivity contribution in [2.75, 3.05) is 0 Å². The molecule has 1 N–H and O–H groups in total. The predicted octanol–water partition coefficient (Wildman–Crippen LogP) is 0.970. The molecule has 0 aromatic carbocycles. The Morgan fingerprint density at radius 2 is 2.47 bits per heavy atom. The van der Waals surface area contributed by atoms with Crippen LogP contribution in [0.1, 0.15) is 26.1 Å². The zero-order chi connectivity index (χ0) is 10.8. The van der Waals surface area contributed by atoms with Gasteiger partial charge in [-0.2, -0.15) is 0 Å². The lowest BCUT2D eigenvalue weighted by Crippen LogP contribution is -2.38. The molecule has 1 aromatic heterocycles. The van der Waals surface area contributed by atoms with Gasteiger partial charge in [-0.15, -0.1) is 0 Å². The van der Waals surface area contributed by atoms with Crippen LogP contribution in [0, 0.1) is 5.92 Å². The molecule has 15 heavy (non-hydrogen) atoms. The number of amides is 1. The van der Waals surface area contributed by atoms with Gasteiger partial charge in [0.25, 0.3) is 0 Å². The van der Waals surface area contributed by atoms with E-state index in [9.17, 15) is 4.79 Å². The number of fused-ring (bicyclic) bond motifs is 1. The molecule has 2 rings (SSSR count). The zero-order valence-corrected chi connectivity index (χ0v) is 9.23. The van der Waals surface area contributed by atoms with E-state index in [4.69, 9.17) is 0 Å². The summed E-state index contributed by atoms with van der Waals surface area (Å²) in [4.78, 5) is 16.0. The average Bonchev–Trinajstić information content (AvgIpc) is 2.62. The summed E-state index contributed by atoms with van der Waals surface area (Å²) >= 11 is 0. The van der Waals surface area contributed by atoms with Crippen molar-refractivity contribution in [2.45, 2.75) is 39.3 Å². The second-order valence-electron chi connectivity index (χ2n) is 4.39. The fraction of sp³-hybridized carbons (Fsp3) is 0.636. The van der Waals surface area contributed by atoms with Crippen LogP contribution in [0.2, 0.25) is 0 Å². The first-order chi connectivity index (χ1) is 7.16. The molecule has 1 atom stereocenters. The van der Waals surface area contributed by atoms with E-state index in [1.165, 1.54) is 0 Å². The van der Waals surface area contributed by atoms with Gasteiger partial charge in [0, 0.05) is 37.3 Å². The molecule has 82 valence electrons. The van der Waals surface area contributed by atoms with Gasteiger partial charge < -0.3 is 9.88 Å². The van der Waals surface area contributed by atoms with Crippen LogP contribution < -0.4 is 5.32 Å². The summed E-state index contributed by atoms with van der Waals surface area (Å²) in [6, 6.07) is 0.221. The number of aryl methyl sites for hydroxylation is 1. The van der Waals surface area contributed by atoms with Crippen molar-refractivity contribution in [3.8, 4) is 0 Å². The summed E-state index contributed by atoms with van der Waals surface area (Å²) in [6.07, 6.45) is 5.47. The van der Waals surface area contributed by atoms with E-state index >= 15 is 0 Å². The third-order valence-corrected chi connectivity index (χ3v) is 2.75. The van der Waals surface area contributed by atoms with Crippen LogP contribution in [0.25, 0.3) is 0 Å². The minimum atomic E-state index is 0.0994. The molecule has 0 bridgehead atoms. The third kappa shape index (κ3) is 2.19. The van der Waals surface area contributed by atoms with Crippen LogP contribution in [0.4, 0.5) is 0 Å². The van der Waals surface area contributed by atoms with Crippen molar-refractivity contribution >= 4 is 5.91 Å². The predicted molar refractivity (Wildman–Crippen MR) is 57.3 cm³/mol. The molecule has 1 aromatic rings. The molecule has 1 amide bonds. The number of carbonyl (C=O) groups is 1. The minimum Gasteiger partial charge on any atom is -0.354 e. The molecule has 0 aliphatic carbocycles. The van der Waals surface area contributed by atoms with E-state index in [2.05, 4.69) is 14.9 Å². The largest absolute Gasteiger partial charge is 0.354 e. The van der Waals surface area contributed by atoms with Gasteiger partial charge in [-0.3, -0.25) is 4.79 Å². The van der Waals surface area contributed by atoms with E-state index in [1.54, 1.807) is 6.20 Å². The first kappa shape index (κ1) is 10.2. The lowest BCUT2D eigenvalue weighted by Gasteiger charge is -2.23. The number of rotatable bonds is 2. The Labute approximate surface area is 89.7 Å². The molecule has 0 radical (unpaired) electrons. The summed E-state index contributed by atoms with van der Waals surface area (Å²) in [5.74, 6) is 1.30. The van der Waals surface area contributed by atoms with Gasteiger partial charge in [0.05, 0.1) is 0 Å². The monoisotopic (exact) mass is 207 g/mol. The lowest BCUT2D eigenvalue weighted by molar-refractivity contribution is -0.126. The van der Waals surface area contributed by atoms with Crippen molar-refractivity contribution in [3.63, 3.8) is 0 Å². The minimum absolute atomic E-state index is 0.0994. The second-order valence-corrected chi connectivity index (χ2v) is 4.39. The van der Waals surface area contributed by atoms with Crippen molar-refractivity contribution in [1.82, 2.24) is 14.9 Å². The van der Waals surface area contributed by atoms with E-state index in [1.807, 2.05) is 20.0 Å². The number of hydrogen-bond donors (Lipinski definition) is 1. The van der Waals surface area contributed by atoms with E-state index in [-0.39, 0.29) is 17.9 Å². The third-order valence-electron chi connectivity index (χ3n) is 2.75. The van der Waals surface area contributed by atoms with Crippen LogP contribution in [-0.2, 0) is 17.8 Å². The summed E-state index contributed by atoms with van der Waals surface area (Å²) < 4.78 is 2.12. The van der Waals surface area contributed by atoms with Gasteiger partial charge >= 0.3 is 0 Å². The quantitative estimate of drug-likeness (QED) is 0.785. The van der Waals surface area contributed by atoms with Crippen LogP contribution in [0.15, 0.2) is 12.4 Å². The first-order valence-corrected chi connectivity index (χ1v) is 5.47. The van der Waals surface area contributed by atoms with E-state index < -0.39 is 0 Å². The summed E-state index contributed by atoms with van der Waals surface area (Å²) in [7, 11) is 0. The highest BCUT2D eigenvalue weighted by atomic mass is 16.1. The van der Waals surface area contributed by atoms with Crippen molar-refractivity contribution < 1.29 is 4.79 Å². The van der Waals surface area contributed by atoms with Crippen molar-refractivity contribution in [3.05, 3.63) is 18.2 Å². The van der Waals surface area contributed by atoms with E-state index in [0.29, 0.717) is 0 Å². The Balaban J connectivity index is 2.00. The highest BCUT2D eigenvalue weighted by molar-refractivity contribution is 5.79. The number of carbonyl (C=O) groups excluding carboxylic acids is 1. The zero-order valence-electron chi connectivity index (χ0n) is 9.23. The highest BCUT2D eigenvalue weighted by Crippen LogP contribution is 2.19. The fourth-order valence-electron chi connectivity index (χ4n) is 1.98. The van der Waals surface area contributed by atoms with Crippen molar-refractivity contribution in [1.29, 1.82) is 0 Å². The molecule has 0 saturated carbocycles. The number of nitrogens with one attached hydrogen (secondary N) is 1. The van der Waals surface area contributed by atoms with Crippen molar-refractivity contribution in [2.24, 2.45) is 5.92 Å². The maximum absolute atomic E-state index is 11.8. The molecule has 4 heteroatoms. The lowest BCUT2D eigenvalue weighted by atomic mass is 9.96. The maximum atomic E-state index is 11.8. The standard InChI is InChI=1S/C11H17N3O/c1-8(2)13-11(15)9-3-5-14-6-4-12-10(14)7-9/h4,6,8-9H,3,5,7H2,1-2H3,(H,13,15). The second kappa shape index (κ2) is 4.04. The Bertz CT molecular complexity index is 356. The van der Waals surface area contributed by atoms with Crippen LogP contribution in [0.5, 0.6) is 0 Å². The topological polar surface area (TPSA) is 46.9 Å². The van der Waals surface area contributed by atoms with Crippen LogP contribution >= 0.6 is 0 Å².